The van der Waals surface area contributed by atoms with Gasteiger partial charge in [-0.2, -0.15) is 0 Å². The zero-order valence-corrected chi connectivity index (χ0v) is 13.9. The summed E-state index contributed by atoms with van der Waals surface area (Å²) >= 11 is 0. The van der Waals surface area contributed by atoms with E-state index >= 15 is 0 Å². The first-order chi connectivity index (χ1) is 10.6. The zero-order chi connectivity index (χ0) is 15.9. The van der Waals surface area contributed by atoms with E-state index in [0.29, 0.717) is 35.8 Å². The molecule has 1 amide bonds. The number of halogens is 1. The van der Waals surface area contributed by atoms with Gasteiger partial charge in [0.15, 0.2) is 0 Å². The summed E-state index contributed by atoms with van der Waals surface area (Å²) in [4.78, 5) is 15.9. The molecule has 2 aromatic rings. The van der Waals surface area contributed by atoms with Crippen molar-refractivity contribution in [1.29, 1.82) is 0 Å². The van der Waals surface area contributed by atoms with Crippen LogP contribution in [0.4, 0.5) is 11.5 Å². The van der Waals surface area contributed by atoms with Crippen LogP contribution in [0.25, 0.3) is 0 Å². The molecule has 0 unspecified atom stereocenters. The number of hydrogen-bond donors (Lipinski definition) is 2. The fourth-order valence-electron chi connectivity index (χ4n) is 1.97. The number of nitrogens with one attached hydrogen (secondary N) is 1. The van der Waals surface area contributed by atoms with Gasteiger partial charge >= 0.3 is 0 Å². The Balaban J connectivity index is 0.00000264. The van der Waals surface area contributed by atoms with E-state index in [4.69, 9.17) is 15.2 Å². The van der Waals surface area contributed by atoms with E-state index < -0.39 is 0 Å². The van der Waals surface area contributed by atoms with Crippen LogP contribution < -0.4 is 20.5 Å². The molecule has 0 aliphatic rings. The number of pyridine rings is 1. The third-order valence-corrected chi connectivity index (χ3v) is 3.12. The third-order valence-electron chi connectivity index (χ3n) is 3.12. The molecule has 0 atom stereocenters. The van der Waals surface area contributed by atoms with E-state index in [1.807, 2.05) is 12.1 Å². The summed E-state index contributed by atoms with van der Waals surface area (Å²) < 4.78 is 10.4. The third kappa shape index (κ3) is 5.67. The number of nitrogens with two attached hydrogens (primary N) is 1. The second-order valence-corrected chi connectivity index (χ2v) is 4.74. The first kappa shape index (κ1) is 18.6. The topological polar surface area (TPSA) is 86.5 Å². The zero-order valence-electron chi connectivity index (χ0n) is 13.0. The van der Waals surface area contributed by atoms with Crippen LogP contribution in [-0.4, -0.2) is 25.1 Å². The molecule has 7 heteroatoms. The van der Waals surface area contributed by atoms with E-state index in [-0.39, 0.29) is 18.3 Å². The Labute approximate surface area is 141 Å². The maximum Gasteiger partial charge on any atom is 0.224 e. The van der Waals surface area contributed by atoms with Gasteiger partial charge in [-0.25, -0.2) is 4.98 Å². The lowest BCUT2D eigenvalue weighted by atomic mass is 10.1. The summed E-state index contributed by atoms with van der Waals surface area (Å²) in [5.41, 5.74) is 7.10. The number of carbonyl (C=O) groups is 1. The van der Waals surface area contributed by atoms with Crippen molar-refractivity contribution >= 4 is 29.8 Å². The minimum Gasteiger partial charge on any atom is -0.497 e. The van der Waals surface area contributed by atoms with Crippen LogP contribution in [-0.2, 0) is 11.2 Å². The van der Waals surface area contributed by atoms with Gasteiger partial charge in [-0.15, -0.1) is 12.4 Å². The van der Waals surface area contributed by atoms with Gasteiger partial charge in [0.05, 0.1) is 26.1 Å². The molecule has 124 valence electrons. The molecule has 0 bridgehead atoms. The van der Waals surface area contributed by atoms with Gasteiger partial charge in [-0.1, -0.05) is 0 Å². The standard InChI is InChI=1S/C16H19N3O3.ClH/c1-21-13-7-11(8-14(9-13)22-2)3-6-16(20)19-12-4-5-15(17)18-10-12;/h4-5,7-10H,3,6H2,1-2H3,(H2,17,18)(H,19,20);1H. The predicted octanol–water partition coefficient (Wildman–Crippen LogP) is 2.67. The molecule has 0 radical (unpaired) electrons. The fourth-order valence-corrected chi connectivity index (χ4v) is 1.97. The van der Waals surface area contributed by atoms with Crippen molar-refractivity contribution in [2.75, 3.05) is 25.3 Å². The quantitative estimate of drug-likeness (QED) is 0.846. The highest BCUT2D eigenvalue weighted by Gasteiger charge is 2.06. The van der Waals surface area contributed by atoms with Crippen molar-refractivity contribution in [2.45, 2.75) is 12.8 Å². The van der Waals surface area contributed by atoms with Crippen LogP contribution >= 0.6 is 12.4 Å². The van der Waals surface area contributed by atoms with Crippen LogP contribution in [0.5, 0.6) is 11.5 Å². The van der Waals surface area contributed by atoms with Crippen molar-refractivity contribution in [3.63, 3.8) is 0 Å². The number of nitrogens with zero attached hydrogens (tertiary/aromatic N) is 1. The van der Waals surface area contributed by atoms with Gasteiger partial charge in [0.25, 0.3) is 0 Å². The second-order valence-electron chi connectivity index (χ2n) is 4.74. The van der Waals surface area contributed by atoms with Crippen molar-refractivity contribution in [3.05, 3.63) is 42.1 Å². The van der Waals surface area contributed by atoms with E-state index in [1.54, 1.807) is 32.4 Å². The maximum absolute atomic E-state index is 11.9. The van der Waals surface area contributed by atoms with E-state index in [1.165, 1.54) is 6.20 Å². The van der Waals surface area contributed by atoms with Gasteiger partial charge < -0.3 is 20.5 Å². The Hall–Kier alpha value is -2.47. The van der Waals surface area contributed by atoms with Crippen molar-refractivity contribution in [1.82, 2.24) is 4.98 Å². The SMILES string of the molecule is COc1cc(CCC(=O)Nc2ccc(N)nc2)cc(OC)c1.Cl. The lowest BCUT2D eigenvalue weighted by Crippen LogP contribution is -2.12. The van der Waals surface area contributed by atoms with Crippen LogP contribution in [0, 0.1) is 0 Å². The summed E-state index contributed by atoms with van der Waals surface area (Å²) in [6.45, 7) is 0. The van der Waals surface area contributed by atoms with Gasteiger partial charge in [0.1, 0.15) is 17.3 Å². The van der Waals surface area contributed by atoms with Crippen LogP contribution in [0.2, 0.25) is 0 Å². The van der Waals surface area contributed by atoms with Crippen molar-refractivity contribution in [3.8, 4) is 11.5 Å². The number of methoxy groups -OCH3 is 2. The first-order valence-corrected chi connectivity index (χ1v) is 6.84. The average molecular weight is 338 g/mol. The molecular formula is C16H20ClN3O3. The number of carbonyl (C=O) groups excluding carboxylic acids is 1. The highest BCUT2D eigenvalue weighted by atomic mass is 35.5. The number of rotatable bonds is 6. The lowest BCUT2D eigenvalue weighted by molar-refractivity contribution is -0.116. The van der Waals surface area contributed by atoms with Gasteiger partial charge in [-0.3, -0.25) is 4.79 Å². The predicted molar refractivity (Wildman–Crippen MR) is 92.4 cm³/mol. The minimum atomic E-state index is -0.0895. The molecule has 0 aliphatic heterocycles. The summed E-state index contributed by atoms with van der Waals surface area (Å²) in [5.74, 6) is 1.74. The number of hydrogen-bond acceptors (Lipinski definition) is 5. The van der Waals surface area contributed by atoms with Crippen molar-refractivity contribution < 1.29 is 14.3 Å². The number of anilines is 2. The highest BCUT2D eigenvalue weighted by Crippen LogP contribution is 2.23. The molecule has 23 heavy (non-hydrogen) atoms. The smallest absolute Gasteiger partial charge is 0.224 e. The molecule has 0 fully saturated rings. The monoisotopic (exact) mass is 337 g/mol. The maximum atomic E-state index is 11.9. The lowest BCUT2D eigenvalue weighted by Gasteiger charge is -2.09. The molecule has 0 saturated heterocycles. The second kappa shape index (κ2) is 8.85. The van der Waals surface area contributed by atoms with E-state index in [0.717, 1.165) is 5.56 Å². The van der Waals surface area contributed by atoms with Gasteiger partial charge in [-0.05, 0) is 36.2 Å². The van der Waals surface area contributed by atoms with E-state index in [9.17, 15) is 4.79 Å². The average Bonchev–Trinajstić information content (AvgIpc) is 2.54. The molecular weight excluding hydrogens is 318 g/mol. The number of aryl methyl sites for hydroxylation is 1. The molecule has 1 aromatic heterocycles. The summed E-state index contributed by atoms with van der Waals surface area (Å²) in [7, 11) is 3.19. The number of benzene rings is 1. The van der Waals surface area contributed by atoms with Gasteiger partial charge in [0.2, 0.25) is 5.91 Å². The molecule has 1 heterocycles. The molecule has 0 spiro atoms. The minimum absolute atomic E-state index is 0. The summed E-state index contributed by atoms with van der Waals surface area (Å²) in [5, 5.41) is 2.78. The Morgan fingerprint density at radius 2 is 1.83 bits per heavy atom. The van der Waals surface area contributed by atoms with Crippen LogP contribution in [0.15, 0.2) is 36.5 Å². The van der Waals surface area contributed by atoms with Gasteiger partial charge in [0, 0.05) is 12.5 Å². The number of ether oxygens (including phenoxy) is 2. The Bertz CT molecular complexity index is 625. The molecule has 3 N–H and O–H groups in total. The summed E-state index contributed by atoms with van der Waals surface area (Å²) in [6, 6.07) is 8.93. The Morgan fingerprint density at radius 3 is 2.35 bits per heavy atom. The fraction of sp³-hybridized carbons (Fsp3) is 0.250. The number of nitrogen functional groups attached to an aromatic ring is 1. The highest BCUT2D eigenvalue weighted by molar-refractivity contribution is 5.90. The van der Waals surface area contributed by atoms with Crippen LogP contribution in [0.1, 0.15) is 12.0 Å². The Morgan fingerprint density at radius 1 is 1.17 bits per heavy atom. The summed E-state index contributed by atoms with van der Waals surface area (Å²) in [6.07, 6.45) is 2.46. The van der Waals surface area contributed by atoms with Crippen molar-refractivity contribution in [2.24, 2.45) is 0 Å². The number of amides is 1. The Kier molecular flexibility index (Phi) is 7.15. The molecule has 0 aliphatic carbocycles. The molecule has 2 rings (SSSR count). The first-order valence-electron chi connectivity index (χ1n) is 6.84. The largest absolute Gasteiger partial charge is 0.497 e. The molecule has 6 nitrogen and oxygen atoms in total. The normalized spacial score (nSPS) is 9.65. The molecule has 1 aromatic carbocycles. The number of aromatic nitrogens is 1. The van der Waals surface area contributed by atoms with E-state index in [2.05, 4.69) is 10.3 Å². The molecule has 0 saturated carbocycles. The van der Waals surface area contributed by atoms with Crippen LogP contribution in [0.3, 0.4) is 0 Å².